The number of aliphatic hydroxyl groups excluding tert-OH is 1. The Morgan fingerprint density at radius 3 is 1.76 bits per heavy atom. The van der Waals surface area contributed by atoms with Gasteiger partial charge in [-0.05, 0) is 19.3 Å². The van der Waals surface area contributed by atoms with E-state index >= 15 is 0 Å². The Labute approximate surface area is 147 Å². The third kappa shape index (κ3) is 6.99. The van der Waals surface area contributed by atoms with E-state index in [-0.39, 0.29) is 25.9 Å². The van der Waals surface area contributed by atoms with Crippen molar-refractivity contribution in [3.05, 3.63) is 0 Å². The lowest BCUT2D eigenvalue weighted by molar-refractivity contribution is -0.268. The molecule has 0 amide bonds. The summed E-state index contributed by atoms with van der Waals surface area (Å²) in [4.78, 5) is 35.5. The van der Waals surface area contributed by atoms with Gasteiger partial charge in [-0.1, -0.05) is 20.8 Å². The Morgan fingerprint density at radius 1 is 0.840 bits per heavy atom. The van der Waals surface area contributed by atoms with E-state index in [1.54, 1.807) is 0 Å². The average Bonchev–Trinajstić information content (AvgIpc) is 2.54. The van der Waals surface area contributed by atoms with Gasteiger partial charge in [0.1, 0.15) is 0 Å². The van der Waals surface area contributed by atoms with Crippen molar-refractivity contribution >= 4 is 17.9 Å². The predicted molar refractivity (Wildman–Crippen MR) is 86.3 cm³/mol. The van der Waals surface area contributed by atoms with E-state index in [0.717, 1.165) is 0 Å². The van der Waals surface area contributed by atoms with Crippen LogP contribution in [-0.2, 0) is 33.3 Å². The first-order chi connectivity index (χ1) is 11.9. The molecule has 0 aromatic carbocycles. The van der Waals surface area contributed by atoms with Gasteiger partial charge in [-0.25, -0.2) is 0 Å². The average molecular weight is 360 g/mol. The lowest BCUT2D eigenvalue weighted by Crippen LogP contribution is -2.57. The number of ether oxygens (including phenoxy) is 4. The molecular formula is C17H28O8. The van der Waals surface area contributed by atoms with Crippen LogP contribution < -0.4 is 0 Å². The topological polar surface area (TPSA) is 108 Å². The minimum atomic E-state index is -1.46. The molecule has 8 heteroatoms. The fraction of sp³-hybridized carbons (Fsp3) is 0.824. The Hall–Kier alpha value is -1.67. The second-order valence-electron chi connectivity index (χ2n) is 5.91. The van der Waals surface area contributed by atoms with Gasteiger partial charge in [0.15, 0.2) is 24.6 Å². The highest BCUT2D eigenvalue weighted by Gasteiger charge is 2.46. The highest BCUT2D eigenvalue weighted by molar-refractivity contribution is 5.71. The lowest BCUT2D eigenvalue weighted by atomic mass is 10.0. The summed E-state index contributed by atoms with van der Waals surface area (Å²) in [5.74, 6) is -1.54. The van der Waals surface area contributed by atoms with Crippen LogP contribution in [0.3, 0.4) is 0 Å². The third-order valence-electron chi connectivity index (χ3n) is 3.58. The number of hydrogen-bond donors (Lipinski definition) is 1. The van der Waals surface area contributed by atoms with Gasteiger partial charge < -0.3 is 24.1 Å². The molecule has 0 spiro atoms. The first kappa shape index (κ1) is 21.4. The van der Waals surface area contributed by atoms with E-state index in [1.807, 2.05) is 20.8 Å². The van der Waals surface area contributed by atoms with Crippen molar-refractivity contribution in [1.29, 1.82) is 0 Å². The number of aliphatic hydroxyl groups is 1. The van der Waals surface area contributed by atoms with E-state index in [9.17, 15) is 19.5 Å². The normalized spacial score (nSPS) is 25.9. The van der Waals surface area contributed by atoms with Crippen LogP contribution >= 0.6 is 0 Å². The van der Waals surface area contributed by atoms with Gasteiger partial charge >= 0.3 is 17.9 Å². The van der Waals surface area contributed by atoms with E-state index in [2.05, 4.69) is 0 Å². The molecule has 0 saturated carbocycles. The molecule has 0 aromatic heterocycles. The van der Waals surface area contributed by atoms with Crippen LogP contribution in [0.15, 0.2) is 0 Å². The maximum absolute atomic E-state index is 11.9. The standard InChI is InChI=1S/C17H28O8/c1-4-7-12(18)23-11-10-22-17(21)16(25-14(20)9-6-3)15(11)24-13(19)8-5-2/h11,15-17,21H,4-10H2,1-3H3/t11-,15-,16+,17-/m1/s1. The van der Waals surface area contributed by atoms with Gasteiger partial charge in [-0.3, -0.25) is 14.4 Å². The summed E-state index contributed by atoms with van der Waals surface area (Å²) in [6, 6.07) is 0. The highest BCUT2D eigenvalue weighted by atomic mass is 16.7. The molecule has 0 bridgehead atoms. The van der Waals surface area contributed by atoms with Crippen molar-refractivity contribution < 1.29 is 38.4 Å². The zero-order valence-corrected chi connectivity index (χ0v) is 15.1. The van der Waals surface area contributed by atoms with Crippen LogP contribution in [-0.4, -0.2) is 54.2 Å². The fourth-order valence-corrected chi connectivity index (χ4v) is 2.39. The number of rotatable bonds is 9. The van der Waals surface area contributed by atoms with Gasteiger partial charge in [0.05, 0.1) is 6.61 Å². The van der Waals surface area contributed by atoms with Crippen molar-refractivity contribution in [2.45, 2.75) is 83.9 Å². The van der Waals surface area contributed by atoms with Crippen molar-refractivity contribution in [2.24, 2.45) is 0 Å². The van der Waals surface area contributed by atoms with Gasteiger partial charge in [-0.15, -0.1) is 0 Å². The van der Waals surface area contributed by atoms with Crippen LogP contribution in [0.2, 0.25) is 0 Å². The summed E-state index contributed by atoms with van der Waals surface area (Å²) in [6.07, 6.45) is -2.48. The number of carbonyl (C=O) groups excluding carboxylic acids is 3. The summed E-state index contributed by atoms with van der Waals surface area (Å²) in [5, 5.41) is 10.0. The van der Waals surface area contributed by atoms with E-state index < -0.39 is 42.5 Å². The largest absolute Gasteiger partial charge is 0.456 e. The van der Waals surface area contributed by atoms with Crippen molar-refractivity contribution in [3.8, 4) is 0 Å². The van der Waals surface area contributed by atoms with Crippen LogP contribution in [0.25, 0.3) is 0 Å². The molecule has 1 N–H and O–H groups in total. The lowest BCUT2D eigenvalue weighted by Gasteiger charge is -2.38. The number of hydrogen-bond acceptors (Lipinski definition) is 8. The Morgan fingerprint density at radius 2 is 1.28 bits per heavy atom. The van der Waals surface area contributed by atoms with Gasteiger partial charge in [0, 0.05) is 19.3 Å². The van der Waals surface area contributed by atoms with E-state index in [4.69, 9.17) is 18.9 Å². The van der Waals surface area contributed by atoms with Crippen LogP contribution in [0.5, 0.6) is 0 Å². The first-order valence-corrected chi connectivity index (χ1v) is 8.80. The maximum atomic E-state index is 11.9. The molecule has 0 aliphatic carbocycles. The fourth-order valence-electron chi connectivity index (χ4n) is 2.39. The zero-order valence-electron chi connectivity index (χ0n) is 15.1. The molecule has 0 radical (unpaired) electrons. The van der Waals surface area contributed by atoms with Gasteiger partial charge in [0.2, 0.25) is 0 Å². The summed E-state index contributed by atoms with van der Waals surface area (Å²) in [7, 11) is 0. The van der Waals surface area contributed by atoms with Crippen molar-refractivity contribution in [3.63, 3.8) is 0 Å². The molecule has 0 aromatic rings. The Kier molecular flexibility index (Phi) is 9.44. The molecule has 8 nitrogen and oxygen atoms in total. The Bertz CT molecular complexity index is 450. The van der Waals surface area contributed by atoms with Crippen LogP contribution in [0.4, 0.5) is 0 Å². The summed E-state index contributed by atoms with van der Waals surface area (Å²) < 4.78 is 21.0. The van der Waals surface area contributed by atoms with Crippen LogP contribution in [0, 0.1) is 0 Å². The minimum absolute atomic E-state index is 0.150. The zero-order chi connectivity index (χ0) is 18.8. The number of esters is 3. The smallest absolute Gasteiger partial charge is 0.306 e. The summed E-state index contributed by atoms with van der Waals surface area (Å²) >= 11 is 0. The third-order valence-corrected chi connectivity index (χ3v) is 3.58. The van der Waals surface area contributed by atoms with E-state index in [0.29, 0.717) is 19.3 Å². The molecule has 1 saturated heterocycles. The van der Waals surface area contributed by atoms with E-state index in [1.165, 1.54) is 0 Å². The molecule has 4 atom stereocenters. The molecule has 144 valence electrons. The first-order valence-electron chi connectivity index (χ1n) is 8.80. The number of carbonyl (C=O) groups is 3. The highest BCUT2D eigenvalue weighted by Crippen LogP contribution is 2.24. The maximum Gasteiger partial charge on any atom is 0.306 e. The monoisotopic (exact) mass is 360 g/mol. The van der Waals surface area contributed by atoms with Crippen LogP contribution in [0.1, 0.15) is 59.3 Å². The predicted octanol–water partition coefficient (Wildman–Crippen LogP) is 1.47. The molecule has 25 heavy (non-hydrogen) atoms. The van der Waals surface area contributed by atoms with Gasteiger partial charge in [-0.2, -0.15) is 0 Å². The molecule has 1 heterocycles. The summed E-state index contributed by atoms with van der Waals surface area (Å²) in [6.45, 7) is 5.31. The molecule has 0 unspecified atom stereocenters. The minimum Gasteiger partial charge on any atom is -0.456 e. The molecule has 1 fully saturated rings. The summed E-state index contributed by atoms with van der Waals surface area (Å²) in [5.41, 5.74) is 0. The van der Waals surface area contributed by atoms with Crippen molar-refractivity contribution in [2.75, 3.05) is 6.61 Å². The molecule has 1 aliphatic rings. The quantitative estimate of drug-likeness (QED) is 0.486. The van der Waals surface area contributed by atoms with Gasteiger partial charge in [0.25, 0.3) is 0 Å². The second-order valence-corrected chi connectivity index (χ2v) is 5.91. The Balaban J connectivity index is 2.91. The molecule has 1 aliphatic heterocycles. The molecular weight excluding hydrogens is 332 g/mol. The van der Waals surface area contributed by atoms with Crippen molar-refractivity contribution in [1.82, 2.24) is 0 Å². The SMILES string of the molecule is CCCC(=O)O[C@H]1[C@H](OC(=O)CCC)[C@H](OC(=O)CCC)CO[C@H]1O. The second kappa shape index (κ2) is 11.0. The molecule has 1 rings (SSSR count).